The quantitative estimate of drug-likeness (QED) is 0.501. The number of carboxylic acids is 1. The third-order valence-corrected chi connectivity index (χ3v) is 2.59. The van der Waals surface area contributed by atoms with Gasteiger partial charge in [0, 0.05) is 12.1 Å². The Morgan fingerprint density at radius 3 is 2.41 bits per heavy atom. The molecule has 0 saturated heterocycles. The van der Waals surface area contributed by atoms with Crippen molar-refractivity contribution >= 4 is 11.8 Å². The fourth-order valence-corrected chi connectivity index (χ4v) is 1.60. The molecule has 0 aliphatic rings. The molecule has 0 fully saturated rings. The van der Waals surface area contributed by atoms with Crippen molar-refractivity contribution in [1.29, 1.82) is 0 Å². The van der Waals surface area contributed by atoms with E-state index >= 15 is 0 Å². The van der Waals surface area contributed by atoms with Crippen molar-refractivity contribution in [2.75, 3.05) is 6.54 Å². The first kappa shape index (κ1) is 13.3. The number of aliphatic carboxylic acids is 1. The van der Waals surface area contributed by atoms with Gasteiger partial charge in [-0.25, -0.2) is 0 Å². The van der Waals surface area contributed by atoms with E-state index < -0.39 is 23.8 Å². The van der Waals surface area contributed by atoms with Gasteiger partial charge in [0.1, 0.15) is 5.92 Å². The van der Waals surface area contributed by atoms with Crippen LogP contribution in [0.15, 0.2) is 24.3 Å². The third kappa shape index (κ3) is 2.89. The largest absolute Gasteiger partial charge is 0.481 e. The average Bonchev–Trinajstić information content (AvgIpc) is 2.28. The molecule has 0 spiro atoms. The van der Waals surface area contributed by atoms with Crippen molar-refractivity contribution in [3.05, 3.63) is 35.4 Å². The number of Topliss-reactive ketones (excluding diaryl/α,β-unsaturated/α-hetero) is 1. The van der Waals surface area contributed by atoms with Crippen LogP contribution in [-0.2, 0) is 4.79 Å². The van der Waals surface area contributed by atoms with Crippen molar-refractivity contribution in [3.63, 3.8) is 0 Å². The number of carbonyl (C=O) groups is 2. The third-order valence-electron chi connectivity index (χ3n) is 2.59. The van der Waals surface area contributed by atoms with Gasteiger partial charge in [-0.3, -0.25) is 9.59 Å². The fourth-order valence-electron chi connectivity index (χ4n) is 1.60. The minimum atomic E-state index is -1.51. The summed E-state index contributed by atoms with van der Waals surface area (Å²) in [4.78, 5) is 23.0. The van der Waals surface area contributed by atoms with Crippen LogP contribution in [0, 0.1) is 12.8 Å². The smallest absolute Gasteiger partial charge is 0.317 e. The van der Waals surface area contributed by atoms with E-state index in [1.165, 1.54) is 6.07 Å². The van der Waals surface area contributed by atoms with Gasteiger partial charge in [-0.2, -0.15) is 0 Å². The number of aryl methyl sites for hydroxylation is 1. The lowest BCUT2D eigenvalue weighted by Gasteiger charge is -2.17. The molecule has 17 heavy (non-hydrogen) atoms. The summed E-state index contributed by atoms with van der Waals surface area (Å²) >= 11 is 0. The minimum absolute atomic E-state index is 0.269. The maximum Gasteiger partial charge on any atom is 0.317 e. The van der Waals surface area contributed by atoms with Crippen LogP contribution in [0.25, 0.3) is 0 Å². The van der Waals surface area contributed by atoms with Crippen molar-refractivity contribution in [2.45, 2.75) is 13.0 Å². The number of benzene rings is 1. The maximum absolute atomic E-state index is 12.0. The summed E-state index contributed by atoms with van der Waals surface area (Å²) in [7, 11) is 0. The molecule has 0 aromatic heterocycles. The number of rotatable bonds is 5. The van der Waals surface area contributed by atoms with Crippen molar-refractivity contribution in [3.8, 4) is 0 Å². The summed E-state index contributed by atoms with van der Waals surface area (Å²) in [5.41, 5.74) is 6.17. The Balaban J connectivity index is 3.09. The molecule has 1 rings (SSSR count). The van der Waals surface area contributed by atoms with Crippen LogP contribution in [0.5, 0.6) is 0 Å². The number of ketones is 1. The Morgan fingerprint density at radius 1 is 1.35 bits per heavy atom. The summed E-state index contributed by atoms with van der Waals surface area (Å²) in [6.07, 6.45) is -1.38. The number of nitrogens with two attached hydrogens (primary N) is 1. The average molecular weight is 237 g/mol. The van der Waals surface area contributed by atoms with E-state index in [4.69, 9.17) is 10.8 Å². The molecular formula is C12H15NO4. The van der Waals surface area contributed by atoms with Gasteiger partial charge >= 0.3 is 5.97 Å². The molecule has 0 radical (unpaired) electrons. The van der Waals surface area contributed by atoms with Crippen LogP contribution in [0.1, 0.15) is 15.9 Å². The van der Waals surface area contributed by atoms with Gasteiger partial charge < -0.3 is 15.9 Å². The van der Waals surface area contributed by atoms with Gasteiger partial charge in [0.25, 0.3) is 0 Å². The maximum atomic E-state index is 12.0. The standard InChI is InChI=1S/C12H15NO4/c1-7-4-2-3-5-8(7)11(15)10(12(16)17)9(14)6-13/h2-5,9-10,14H,6,13H2,1H3,(H,16,17). The molecule has 0 saturated carbocycles. The molecular weight excluding hydrogens is 222 g/mol. The van der Waals surface area contributed by atoms with E-state index in [9.17, 15) is 14.7 Å². The highest BCUT2D eigenvalue weighted by atomic mass is 16.4. The number of carboxylic acid groups (broad SMARTS) is 1. The second kappa shape index (κ2) is 5.56. The molecule has 0 aliphatic heterocycles. The Kier molecular flexibility index (Phi) is 4.37. The highest BCUT2D eigenvalue weighted by Gasteiger charge is 2.34. The van der Waals surface area contributed by atoms with E-state index in [1.807, 2.05) is 0 Å². The van der Waals surface area contributed by atoms with Crippen LogP contribution < -0.4 is 5.73 Å². The van der Waals surface area contributed by atoms with E-state index in [0.717, 1.165) is 0 Å². The lowest BCUT2D eigenvalue weighted by molar-refractivity contribution is -0.143. The van der Waals surface area contributed by atoms with Crippen LogP contribution in [0.2, 0.25) is 0 Å². The zero-order chi connectivity index (χ0) is 13.0. The summed E-state index contributed by atoms with van der Waals surface area (Å²) in [6, 6.07) is 6.65. The first-order valence-corrected chi connectivity index (χ1v) is 5.19. The topological polar surface area (TPSA) is 101 Å². The molecule has 4 N–H and O–H groups in total. The SMILES string of the molecule is Cc1ccccc1C(=O)C(C(=O)O)C(O)CN. The van der Waals surface area contributed by atoms with Gasteiger partial charge in [0.15, 0.2) is 5.78 Å². The molecule has 1 aromatic rings. The zero-order valence-electron chi connectivity index (χ0n) is 9.46. The van der Waals surface area contributed by atoms with E-state index in [-0.39, 0.29) is 6.54 Å². The second-order valence-corrected chi connectivity index (χ2v) is 3.80. The molecule has 0 bridgehead atoms. The van der Waals surface area contributed by atoms with Crippen LogP contribution in [-0.4, -0.2) is 34.6 Å². The molecule has 1 aromatic carbocycles. The van der Waals surface area contributed by atoms with Gasteiger partial charge in [-0.15, -0.1) is 0 Å². The second-order valence-electron chi connectivity index (χ2n) is 3.80. The normalized spacial score (nSPS) is 14.1. The molecule has 0 heterocycles. The molecule has 5 nitrogen and oxygen atoms in total. The summed E-state index contributed by atoms with van der Waals surface area (Å²) in [5, 5.41) is 18.4. The van der Waals surface area contributed by atoms with E-state index in [1.54, 1.807) is 25.1 Å². The molecule has 2 atom stereocenters. The fraction of sp³-hybridized carbons (Fsp3) is 0.333. The summed E-state index contributed by atoms with van der Waals surface area (Å²) < 4.78 is 0. The number of aliphatic hydroxyl groups excluding tert-OH is 1. The Hall–Kier alpha value is -1.72. The molecule has 92 valence electrons. The Labute approximate surface area is 98.9 Å². The van der Waals surface area contributed by atoms with Gasteiger partial charge in [-0.1, -0.05) is 24.3 Å². The van der Waals surface area contributed by atoms with Crippen LogP contribution >= 0.6 is 0 Å². The van der Waals surface area contributed by atoms with Gasteiger partial charge in [0.2, 0.25) is 0 Å². The predicted molar refractivity (Wildman–Crippen MR) is 61.7 cm³/mol. The van der Waals surface area contributed by atoms with Gasteiger partial charge in [0.05, 0.1) is 6.10 Å². The minimum Gasteiger partial charge on any atom is -0.481 e. The number of carbonyl (C=O) groups excluding carboxylic acids is 1. The van der Waals surface area contributed by atoms with E-state index in [0.29, 0.717) is 11.1 Å². The first-order valence-electron chi connectivity index (χ1n) is 5.19. The van der Waals surface area contributed by atoms with Crippen molar-refractivity contribution in [1.82, 2.24) is 0 Å². The highest BCUT2D eigenvalue weighted by Crippen LogP contribution is 2.16. The number of aliphatic hydroxyl groups is 1. The molecule has 0 aliphatic carbocycles. The van der Waals surface area contributed by atoms with Crippen molar-refractivity contribution in [2.24, 2.45) is 11.7 Å². The number of hydrogen-bond acceptors (Lipinski definition) is 4. The van der Waals surface area contributed by atoms with Crippen LogP contribution in [0.3, 0.4) is 0 Å². The molecule has 5 heteroatoms. The Morgan fingerprint density at radius 2 is 1.94 bits per heavy atom. The Bertz CT molecular complexity index is 430. The van der Waals surface area contributed by atoms with Crippen molar-refractivity contribution < 1.29 is 19.8 Å². The summed E-state index contributed by atoms with van der Waals surface area (Å²) in [6.45, 7) is 1.44. The summed E-state index contributed by atoms with van der Waals surface area (Å²) in [5.74, 6) is -3.49. The number of hydrogen-bond donors (Lipinski definition) is 3. The molecule has 2 unspecified atom stereocenters. The lowest BCUT2D eigenvalue weighted by Crippen LogP contribution is -2.39. The monoisotopic (exact) mass is 237 g/mol. The van der Waals surface area contributed by atoms with E-state index in [2.05, 4.69) is 0 Å². The zero-order valence-corrected chi connectivity index (χ0v) is 9.46. The predicted octanol–water partition coefficient (Wildman–Crippen LogP) is 0.198. The lowest BCUT2D eigenvalue weighted by atomic mass is 9.90. The van der Waals surface area contributed by atoms with Gasteiger partial charge in [-0.05, 0) is 12.5 Å². The van der Waals surface area contributed by atoms with Crippen LogP contribution in [0.4, 0.5) is 0 Å². The highest BCUT2D eigenvalue weighted by molar-refractivity contribution is 6.09. The molecule has 0 amide bonds. The first-order chi connectivity index (χ1) is 7.99.